The number of nitrogens with one attached hydrogen (secondary N) is 1. The van der Waals surface area contributed by atoms with Gasteiger partial charge in [-0.2, -0.15) is 9.94 Å². The van der Waals surface area contributed by atoms with Crippen molar-refractivity contribution in [2.45, 2.75) is 24.3 Å². The summed E-state index contributed by atoms with van der Waals surface area (Å²) in [5.41, 5.74) is 2.17. The maximum absolute atomic E-state index is 12.5. The van der Waals surface area contributed by atoms with Gasteiger partial charge in [0.15, 0.2) is 0 Å². The Bertz CT molecular complexity index is 1010. The molecule has 27 heavy (non-hydrogen) atoms. The summed E-state index contributed by atoms with van der Waals surface area (Å²) in [4.78, 5) is 12.5. The Labute approximate surface area is 164 Å². The minimum atomic E-state index is -0.473. The number of rotatable bonds is 6. The lowest BCUT2D eigenvalue weighted by Gasteiger charge is -2.13. The average Bonchev–Trinajstić information content (AvgIpc) is 3.30. The van der Waals surface area contributed by atoms with Crippen LogP contribution in [0.15, 0.2) is 34.8 Å². The summed E-state index contributed by atoms with van der Waals surface area (Å²) >= 11 is 2.53. The van der Waals surface area contributed by atoms with E-state index in [4.69, 9.17) is 10.00 Å². The van der Waals surface area contributed by atoms with E-state index in [1.807, 2.05) is 25.1 Å². The number of thioether (sulfide) groups is 1. The number of carbonyl (C=O) groups excluding carboxylic acids is 1. The molecule has 0 saturated carbocycles. The number of benzene rings is 1. The summed E-state index contributed by atoms with van der Waals surface area (Å²) in [6.07, 6.45) is 0. The molecule has 1 aromatic carbocycles. The summed E-state index contributed by atoms with van der Waals surface area (Å²) in [6, 6.07) is 9.41. The van der Waals surface area contributed by atoms with Gasteiger partial charge in [0.2, 0.25) is 11.1 Å². The molecule has 1 atom stereocenters. The van der Waals surface area contributed by atoms with E-state index >= 15 is 0 Å². The zero-order valence-corrected chi connectivity index (χ0v) is 16.5. The first-order chi connectivity index (χ1) is 13.0. The third-order valence-electron chi connectivity index (χ3n) is 3.68. The third-order valence-corrected chi connectivity index (χ3v) is 5.54. The van der Waals surface area contributed by atoms with E-state index in [0.717, 1.165) is 5.56 Å². The molecule has 3 rings (SSSR count). The predicted molar refractivity (Wildman–Crippen MR) is 103 cm³/mol. The van der Waals surface area contributed by atoms with E-state index in [2.05, 4.69) is 26.9 Å². The fraction of sp³-hybridized carbons (Fsp3) is 0.235. The fourth-order valence-corrected chi connectivity index (χ4v) is 3.83. The van der Waals surface area contributed by atoms with Crippen LogP contribution in [0.25, 0.3) is 5.69 Å². The van der Waals surface area contributed by atoms with E-state index in [1.54, 1.807) is 30.2 Å². The van der Waals surface area contributed by atoms with Gasteiger partial charge in [0.05, 0.1) is 17.9 Å². The van der Waals surface area contributed by atoms with Crippen molar-refractivity contribution in [3.05, 3.63) is 40.8 Å². The van der Waals surface area contributed by atoms with Crippen molar-refractivity contribution in [3.8, 4) is 17.5 Å². The van der Waals surface area contributed by atoms with Crippen molar-refractivity contribution < 1.29 is 9.53 Å². The molecular weight excluding hydrogens is 384 g/mol. The first kappa shape index (κ1) is 18.9. The van der Waals surface area contributed by atoms with Crippen molar-refractivity contribution >= 4 is 34.0 Å². The molecule has 0 spiro atoms. The highest BCUT2D eigenvalue weighted by Gasteiger charge is 2.21. The number of anilines is 1. The molecule has 0 fully saturated rings. The Morgan fingerprint density at radius 1 is 1.44 bits per heavy atom. The standard InChI is InChI=1S/C17H16N6O2S2/c1-10-4-5-14(25-3)13(8-10)23-17(20-21-22-23)27-11(2)15(24)19-16-12(9-18)6-7-26-16/h4-8,11H,1-3H3,(H,19,24)/t11-/m0/s1. The Balaban J connectivity index is 1.80. The second-order valence-electron chi connectivity index (χ2n) is 5.57. The van der Waals surface area contributed by atoms with Gasteiger partial charge < -0.3 is 10.1 Å². The average molecular weight is 400 g/mol. The first-order valence-corrected chi connectivity index (χ1v) is 9.68. The second kappa shape index (κ2) is 8.20. The monoisotopic (exact) mass is 400 g/mol. The van der Waals surface area contributed by atoms with Crippen LogP contribution in [0.5, 0.6) is 5.75 Å². The molecule has 0 radical (unpaired) electrons. The molecule has 10 heteroatoms. The number of hydrogen-bond acceptors (Lipinski definition) is 8. The van der Waals surface area contributed by atoms with Crippen LogP contribution in [-0.4, -0.2) is 38.5 Å². The van der Waals surface area contributed by atoms with E-state index in [1.165, 1.54) is 23.1 Å². The molecule has 2 heterocycles. The minimum absolute atomic E-state index is 0.232. The van der Waals surface area contributed by atoms with Crippen LogP contribution < -0.4 is 10.1 Å². The number of carbonyl (C=O) groups is 1. The van der Waals surface area contributed by atoms with Crippen molar-refractivity contribution in [1.29, 1.82) is 5.26 Å². The zero-order valence-electron chi connectivity index (χ0n) is 14.8. The summed E-state index contributed by atoms with van der Waals surface area (Å²) in [5, 5.41) is 25.9. The Morgan fingerprint density at radius 2 is 2.26 bits per heavy atom. The van der Waals surface area contributed by atoms with Crippen molar-refractivity contribution in [2.75, 3.05) is 12.4 Å². The highest BCUT2D eigenvalue weighted by Crippen LogP contribution is 2.30. The molecule has 0 bridgehead atoms. The van der Waals surface area contributed by atoms with Crippen LogP contribution in [0.2, 0.25) is 0 Å². The van der Waals surface area contributed by atoms with Gasteiger partial charge in [0.25, 0.3) is 0 Å². The largest absolute Gasteiger partial charge is 0.494 e. The van der Waals surface area contributed by atoms with Gasteiger partial charge >= 0.3 is 0 Å². The second-order valence-corrected chi connectivity index (χ2v) is 7.80. The molecule has 0 aliphatic carbocycles. The lowest BCUT2D eigenvalue weighted by Crippen LogP contribution is -2.22. The highest BCUT2D eigenvalue weighted by atomic mass is 32.2. The Hall–Kier alpha value is -2.90. The van der Waals surface area contributed by atoms with Gasteiger partial charge in [-0.1, -0.05) is 17.8 Å². The number of hydrogen-bond donors (Lipinski definition) is 1. The van der Waals surface area contributed by atoms with Crippen LogP contribution in [0.4, 0.5) is 5.00 Å². The van der Waals surface area contributed by atoms with Gasteiger partial charge in [-0.15, -0.1) is 16.4 Å². The fourth-order valence-electron chi connectivity index (χ4n) is 2.29. The maximum Gasteiger partial charge on any atom is 0.238 e. The number of nitrogens with zero attached hydrogens (tertiary/aromatic N) is 5. The quantitative estimate of drug-likeness (QED) is 0.634. The summed E-state index contributed by atoms with van der Waals surface area (Å²) in [7, 11) is 1.58. The SMILES string of the molecule is COc1ccc(C)cc1-n1nnnc1S[C@@H](C)C(=O)Nc1sccc1C#N. The lowest BCUT2D eigenvalue weighted by atomic mass is 10.2. The molecule has 3 aromatic rings. The summed E-state index contributed by atoms with van der Waals surface area (Å²) in [6.45, 7) is 3.72. The number of tetrazole rings is 1. The number of thiophene rings is 1. The van der Waals surface area contributed by atoms with Gasteiger partial charge in [-0.05, 0) is 53.4 Å². The normalized spacial score (nSPS) is 11.6. The summed E-state index contributed by atoms with van der Waals surface area (Å²) < 4.78 is 6.94. The van der Waals surface area contributed by atoms with Gasteiger partial charge in [-0.25, -0.2) is 0 Å². The predicted octanol–water partition coefficient (Wildman–Crippen LogP) is 3.03. The van der Waals surface area contributed by atoms with Crippen molar-refractivity contribution in [3.63, 3.8) is 0 Å². The molecule has 2 aromatic heterocycles. The lowest BCUT2D eigenvalue weighted by molar-refractivity contribution is -0.115. The van der Waals surface area contributed by atoms with Gasteiger partial charge in [0, 0.05) is 0 Å². The topological polar surface area (TPSA) is 106 Å². The zero-order chi connectivity index (χ0) is 19.4. The number of amides is 1. The van der Waals surface area contributed by atoms with E-state index < -0.39 is 5.25 Å². The Morgan fingerprint density at radius 3 is 3.00 bits per heavy atom. The van der Waals surface area contributed by atoms with Crippen molar-refractivity contribution in [1.82, 2.24) is 20.2 Å². The number of aryl methyl sites for hydroxylation is 1. The Kier molecular flexibility index (Phi) is 5.73. The van der Waals surface area contributed by atoms with Crippen LogP contribution in [-0.2, 0) is 4.79 Å². The number of nitriles is 1. The molecule has 138 valence electrons. The number of methoxy groups -OCH3 is 1. The van der Waals surface area contributed by atoms with E-state index in [9.17, 15) is 4.79 Å². The minimum Gasteiger partial charge on any atom is -0.494 e. The van der Waals surface area contributed by atoms with Gasteiger partial charge in [0.1, 0.15) is 22.5 Å². The maximum atomic E-state index is 12.5. The molecule has 0 saturated heterocycles. The molecule has 0 unspecified atom stereocenters. The van der Waals surface area contributed by atoms with E-state index in [-0.39, 0.29) is 5.91 Å². The van der Waals surface area contributed by atoms with Crippen LogP contribution in [0, 0.1) is 18.3 Å². The number of aromatic nitrogens is 4. The highest BCUT2D eigenvalue weighted by molar-refractivity contribution is 8.00. The molecule has 0 aliphatic heterocycles. The first-order valence-electron chi connectivity index (χ1n) is 7.92. The molecule has 1 amide bonds. The van der Waals surface area contributed by atoms with Crippen LogP contribution in [0.3, 0.4) is 0 Å². The molecule has 8 nitrogen and oxygen atoms in total. The smallest absolute Gasteiger partial charge is 0.238 e. The molecule has 0 aliphatic rings. The molecule has 1 N–H and O–H groups in total. The van der Waals surface area contributed by atoms with Crippen molar-refractivity contribution in [2.24, 2.45) is 0 Å². The number of ether oxygens (including phenoxy) is 1. The van der Waals surface area contributed by atoms with Crippen LogP contribution >= 0.6 is 23.1 Å². The van der Waals surface area contributed by atoms with Crippen LogP contribution in [0.1, 0.15) is 18.1 Å². The van der Waals surface area contributed by atoms with Gasteiger partial charge in [-0.3, -0.25) is 4.79 Å². The van der Waals surface area contributed by atoms with E-state index in [0.29, 0.717) is 27.2 Å². The third kappa shape index (κ3) is 4.10. The summed E-state index contributed by atoms with van der Waals surface area (Å²) in [5.74, 6) is 0.397. The molecular formula is C17H16N6O2S2.